The van der Waals surface area contributed by atoms with Gasteiger partial charge in [-0.05, 0) is 18.2 Å². The first-order valence-electron chi connectivity index (χ1n) is 5.10. The molecule has 1 aromatic carbocycles. The second kappa shape index (κ2) is 4.60. The van der Waals surface area contributed by atoms with Crippen molar-refractivity contribution in [1.29, 1.82) is 0 Å². The molecular weight excluding hydrogens is 243 g/mol. The molecule has 0 spiro atoms. The molecule has 0 saturated carbocycles. The van der Waals surface area contributed by atoms with E-state index in [1.807, 2.05) is 0 Å². The summed E-state index contributed by atoms with van der Waals surface area (Å²) in [6.45, 7) is 0. The van der Waals surface area contributed by atoms with E-state index in [1.165, 1.54) is 18.2 Å². The molecule has 0 saturated heterocycles. The molecule has 18 heavy (non-hydrogen) atoms. The Morgan fingerprint density at radius 1 is 1.06 bits per heavy atom. The highest BCUT2D eigenvalue weighted by atomic mass is 19.4. The molecule has 0 fully saturated rings. The van der Waals surface area contributed by atoms with Crippen molar-refractivity contribution < 1.29 is 18.0 Å². The summed E-state index contributed by atoms with van der Waals surface area (Å²) in [5, 5.41) is 0. The van der Waals surface area contributed by atoms with Crippen LogP contribution in [-0.2, 0) is 6.18 Å². The minimum atomic E-state index is -4.47. The summed E-state index contributed by atoms with van der Waals surface area (Å²) in [4.78, 5) is 14.2. The van der Waals surface area contributed by atoms with Gasteiger partial charge in [-0.3, -0.25) is 4.79 Å². The van der Waals surface area contributed by atoms with E-state index in [0.29, 0.717) is 17.4 Å². The maximum atomic E-state index is 12.5. The van der Waals surface area contributed by atoms with Crippen molar-refractivity contribution in [2.24, 2.45) is 0 Å². The summed E-state index contributed by atoms with van der Waals surface area (Å²) < 4.78 is 37.5. The summed E-state index contributed by atoms with van der Waals surface area (Å²) in [6, 6.07) is 9.95. The number of benzene rings is 1. The highest BCUT2D eigenvalue weighted by Crippen LogP contribution is 2.29. The summed E-state index contributed by atoms with van der Waals surface area (Å²) in [6.07, 6.45) is -3.84. The molecular formula is C13H8F3NO. The lowest BCUT2D eigenvalue weighted by Gasteiger charge is -2.07. The summed E-state index contributed by atoms with van der Waals surface area (Å²) in [7, 11) is 0. The van der Waals surface area contributed by atoms with Gasteiger partial charge in [0.1, 0.15) is 12.0 Å². The fourth-order valence-electron chi connectivity index (χ4n) is 1.52. The van der Waals surface area contributed by atoms with Crippen molar-refractivity contribution >= 4 is 6.29 Å². The first kappa shape index (κ1) is 12.3. The van der Waals surface area contributed by atoms with Crippen LogP contribution in [0.1, 0.15) is 16.1 Å². The molecule has 0 radical (unpaired) electrons. The Labute approximate surface area is 101 Å². The van der Waals surface area contributed by atoms with Crippen LogP contribution in [-0.4, -0.2) is 11.3 Å². The number of nitrogens with zero attached hydrogens (tertiary/aromatic N) is 1. The van der Waals surface area contributed by atoms with E-state index in [1.54, 1.807) is 18.2 Å². The zero-order valence-electron chi connectivity index (χ0n) is 9.11. The van der Waals surface area contributed by atoms with Gasteiger partial charge in [-0.2, -0.15) is 13.2 Å². The molecule has 0 aliphatic heterocycles. The molecule has 1 heterocycles. The summed E-state index contributed by atoms with van der Waals surface area (Å²) >= 11 is 0. The maximum absolute atomic E-state index is 12.5. The van der Waals surface area contributed by atoms with Crippen molar-refractivity contribution in [1.82, 2.24) is 4.98 Å². The molecule has 0 aliphatic rings. The van der Waals surface area contributed by atoms with Crippen LogP contribution >= 0.6 is 0 Å². The number of halogens is 3. The average Bonchev–Trinajstić information content (AvgIpc) is 2.38. The Hall–Kier alpha value is -2.17. The molecule has 0 aliphatic carbocycles. The lowest BCUT2D eigenvalue weighted by atomic mass is 10.1. The quantitative estimate of drug-likeness (QED) is 0.763. The number of aromatic nitrogens is 1. The SMILES string of the molecule is O=Cc1cccc(-c2cccc(C(F)(F)F)n2)c1. The van der Waals surface area contributed by atoms with E-state index in [9.17, 15) is 18.0 Å². The van der Waals surface area contributed by atoms with Crippen LogP contribution in [0.4, 0.5) is 13.2 Å². The maximum Gasteiger partial charge on any atom is 0.433 e. The van der Waals surface area contributed by atoms with Gasteiger partial charge in [-0.25, -0.2) is 4.98 Å². The van der Waals surface area contributed by atoms with Crippen LogP contribution in [0.3, 0.4) is 0 Å². The van der Waals surface area contributed by atoms with E-state index in [2.05, 4.69) is 4.98 Å². The second-order valence-electron chi connectivity index (χ2n) is 3.65. The molecule has 2 aromatic rings. The fraction of sp³-hybridized carbons (Fsp3) is 0.0769. The Morgan fingerprint density at radius 2 is 1.78 bits per heavy atom. The predicted molar refractivity (Wildman–Crippen MR) is 60.1 cm³/mol. The largest absolute Gasteiger partial charge is 0.433 e. The molecule has 0 atom stereocenters. The lowest BCUT2D eigenvalue weighted by Crippen LogP contribution is -2.08. The van der Waals surface area contributed by atoms with E-state index in [0.717, 1.165) is 6.07 Å². The van der Waals surface area contributed by atoms with Gasteiger partial charge in [0.15, 0.2) is 0 Å². The molecule has 0 amide bonds. The van der Waals surface area contributed by atoms with E-state index >= 15 is 0 Å². The topological polar surface area (TPSA) is 30.0 Å². The molecule has 2 nitrogen and oxygen atoms in total. The molecule has 0 N–H and O–H groups in total. The van der Waals surface area contributed by atoms with E-state index in [-0.39, 0.29) is 5.69 Å². The van der Waals surface area contributed by atoms with Crippen LogP contribution in [0.2, 0.25) is 0 Å². The zero-order chi connectivity index (χ0) is 13.2. The van der Waals surface area contributed by atoms with Crippen molar-refractivity contribution in [3.05, 3.63) is 53.7 Å². The van der Waals surface area contributed by atoms with Crippen LogP contribution in [0.25, 0.3) is 11.3 Å². The first-order chi connectivity index (χ1) is 8.50. The number of rotatable bonds is 2. The lowest BCUT2D eigenvalue weighted by molar-refractivity contribution is -0.141. The Morgan fingerprint density at radius 3 is 2.44 bits per heavy atom. The number of hydrogen-bond donors (Lipinski definition) is 0. The smallest absolute Gasteiger partial charge is 0.298 e. The van der Waals surface area contributed by atoms with Gasteiger partial charge in [-0.15, -0.1) is 0 Å². The van der Waals surface area contributed by atoms with Gasteiger partial charge in [0, 0.05) is 11.1 Å². The van der Waals surface area contributed by atoms with Crippen molar-refractivity contribution in [3.8, 4) is 11.3 Å². The molecule has 2 rings (SSSR count). The van der Waals surface area contributed by atoms with Gasteiger partial charge in [0.05, 0.1) is 5.69 Å². The number of aldehydes is 1. The van der Waals surface area contributed by atoms with E-state index in [4.69, 9.17) is 0 Å². The Bertz CT molecular complexity index is 578. The molecule has 1 aromatic heterocycles. The third-order valence-corrected chi connectivity index (χ3v) is 2.36. The number of carbonyl (C=O) groups is 1. The van der Waals surface area contributed by atoms with Crippen LogP contribution < -0.4 is 0 Å². The van der Waals surface area contributed by atoms with Gasteiger partial charge < -0.3 is 0 Å². The Kier molecular flexibility index (Phi) is 3.14. The number of carbonyl (C=O) groups excluding carboxylic acids is 1. The minimum absolute atomic E-state index is 0.188. The van der Waals surface area contributed by atoms with Crippen molar-refractivity contribution in [2.45, 2.75) is 6.18 Å². The van der Waals surface area contributed by atoms with Gasteiger partial charge >= 0.3 is 6.18 Å². The normalized spacial score (nSPS) is 11.3. The van der Waals surface area contributed by atoms with Crippen molar-refractivity contribution in [3.63, 3.8) is 0 Å². The van der Waals surface area contributed by atoms with Crippen LogP contribution in [0.5, 0.6) is 0 Å². The average molecular weight is 251 g/mol. The standard InChI is InChI=1S/C13H8F3NO/c14-13(15,16)12-6-2-5-11(17-12)10-4-1-3-9(7-10)8-18/h1-8H. The van der Waals surface area contributed by atoms with Crippen LogP contribution in [0.15, 0.2) is 42.5 Å². The van der Waals surface area contributed by atoms with Crippen LogP contribution in [0, 0.1) is 0 Å². The molecule has 0 bridgehead atoms. The van der Waals surface area contributed by atoms with Gasteiger partial charge in [0.25, 0.3) is 0 Å². The zero-order valence-corrected chi connectivity index (χ0v) is 9.11. The van der Waals surface area contributed by atoms with Gasteiger partial charge in [0.2, 0.25) is 0 Å². The first-order valence-corrected chi connectivity index (χ1v) is 5.10. The van der Waals surface area contributed by atoms with Crippen molar-refractivity contribution in [2.75, 3.05) is 0 Å². The van der Waals surface area contributed by atoms with Gasteiger partial charge in [-0.1, -0.05) is 24.3 Å². The number of pyridine rings is 1. The highest BCUT2D eigenvalue weighted by Gasteiger charge is 2.32. The second-order valence-corrected chi connectivity index (χ2v) is 3.65. The third kappa shape index (κ3) is 2.56. The molecule has 0 unspecified atom stereocenters. The third-order valence-electron chi connectivity index (χ3n) is 2.36. The fourth-order valence-corrected chi connectivity index (χ4v) is 1.52. The summed E-state index contributed by atoms with van der Waals surface area (Å²) in [5.41, 5.74) is 0.113. The Balaban J connectivity index is 2.47. The summed E-state index contributed by atoms with van der Waals surface area (Å²) in [5.74, 6) is 0. The highest BCUT2D eigenvalue weighted by molar-refractivity contribution is 5.78. The number of alkyl halides is 3. The predicted octanol–water partition coefficient (Wildman–Crippen LogP) is 3.58. The molecule has 5 heteroatoms. The van der Waals surface area contributed by atoms with E-state index < -0.39 is 11.9 Å². The molecule has 92 valence electrons. The minimum Gasteiger partial charge on any atom is -0.298 e. The number of hydrogen-bond acceptors (Lipinski definition) is 2. The monoisotopic (exact) mass is 251 g/mol.